The van der Waals surface area contributed by atoms with Crippen molar-refractivity contribution in [1.29, 1.82) is 0 Å². The maximum atomic E-state index is 15.1. The Balaban J connectivity index is 1.01. The van der Waals surface area contributed by atoms with Crippen molar-refractivity contribution in [3.05, 3.63) is 11.6 Å². The van der Waals surface area contributed by atoms with Gasteiger partial charge in [0.2, 0.25) is 6.29 Å². The first kappa shape index (κ1) is 52.6. The van der Waals surface area contributed by atoms with Crippen LogP contribution < -0.4 is 0 Å². The van der Waals surface area contributed by atoms with Crippen molar-refractivity contribution >= 4 is 11.8 Å². The highest BCUT2D eigenvalue weighted by molar-refractivity contribution is 5.92. The molecule has 0 aromatic rings. The molecule has 8 aliphatic rings. The molecule has 10 N–H and O–H groups in total. The molecule has 24 atom stereocenters. The Morgan fingerprint density at radius 1 is 0.735 bits per heavy atom. The molecule has 3 saturated heterocycles. The molecule has 0 aromatic carbocycles. The van der Waals surface area contributed by atoms with E-state index < -0.39 is 140 Å². The molecule has 0 radical (unpaired) electrons. The van der Waals surface area contributed by atoms with Gasteiger partial charge >= 0.3 is 5.97 Å². The summed E-state index contributed by atoms with van der Waals surface area (Å²) in [5.41, 5.74) is -2.26. The second-order valence-corrected chi connectivity index (χ2v) is 23.7. The summed E-state index contributed by atoms with van der Waals surface area (Å²) in [6.07, 6.45) is -18.9. The molecule has 0 aromatic heterocycles. The first-order valence-corrected chi connectivity index (χ1v) is 24.6. The number of carbonyl (C=O) groups is 2. The standard InChI is InChI=1S/C49H78O19/c1-21-30(53)32(55)35(58)41(64-21)67-38-25(19-50)65-40(37(60)34(38)57)63-20-26-31(54)33(56)36(59)42(66-26)68-43(61)49-15-14-47(7)22(23(49)17-44(2,3)29(52)18-49)16-24(62-9)39-46(6)12-11-28(51)45(4,5)27(46)10-13-48(39,47)8/h16,21,23-28,30-42,50-51,53-60H,10-15,17-20H2,1-9H3/t21-,23+,24-,25-,26-,27-,28+,30-,31-,32+,33+,34-,35-,36-,37-,38-,39-,40-,41+,42+,46+,47-,48-,49+/m0/s1. The number of hydrogen-bond donors (Lipinski definition) is 10. The third-order valence-corrected chi connectivity index (χ3v) is 19.4. The van der Waals surface area contributed by atoms with Crippen molar-refractivity contribution in [2.75, 3.05) is 20.3 Å². The third kappa shape index (κ3) is 8.00. The zero-order valence-electron chi connectivity index (χ0n) is 40.8. The molecule has 4 saturated carbocycles. The number of methoxy groups -OCH3 is 1. The van der Waals surface area contributed by atoms with Crippen molar-refractivity contribution in [3.8, 4) is 0 Å². The highest BCUT2D eigenvalue weighted by atomic mass is 16.8. The van der Waals surface area contributed by atoms with Crippen LogP contribution in [-0.4, -0.2) is 187 Å². The predicted octanol–water partition coefficient (Wildman–Crippen LogP) is -0.0280. The number of rotatable bonds is 9. The van der Waals surface area contributed by atoms with Gasteiger partial charge in [-0.3, -0.25) is 9.59 Å². The topological polar surface area (TPSA) is 301 Å². The van der Waals surface area contributed by atoms with Crippen LogP contribution in [0.1, 0.15) is 107 Å². The van der Waals surface area contributed by atoms with E-state index in [1.54, 1.807) is 7.11 Å². The van der Waals surface area contributed by atoms with Crippen molar-refractivity contribution in [2.45, 2.75) is 211 Å². The van der Waals surface area contributed by atoms with Crippen molar-refractivity contribution in [1.82, 2.24) is 0 Å². The van der Waals surface area contributed by atoms with Crippen molar-refractivity contribution in [2.24, 2.45) is 50.2 Å². The highest BCUT2D eigenvalue weighted by Gasteiger charge is 2.72. The van der Waals surface area contributed by atoms with Crippen LogP contribution >= 0.6 is 0 Å². The van der Waals surface area contributed by atoms with E-state index >= 15 is 4.79 Å². The lowest BCUT2D eigenvalue weighted by Crippen LogP contribution is -2.68. The van der Waals surface area contributed by atoms with E-state index in [9.17, 15) is 55.9 Å². The Hall–Kier alpha value is -1.76. The lowest BCUT2D eigenvalue weighted by atomic mass is 9.33. The van der Waals surface area contributed by atoms with E-state index in [1.807, 2.05) is 13.8 Å². The number of fused-ring (bicyclic) bond motifs is 7. The molecular formula is C49H78O19. The van der Waals surface area contributed by atoms with E-state index in [0.717, 1.165) is 24.8 Å². The van der Waals surface area contributed by atoms with E-state index in [1.165, 1.54) is 6.92 Å². The molecule has 0 spiro atoms. The Morgan fingerprint density at radius 3 is 2.03 bits per heavy atom. The van der Waals surface area contributed by atoms with Gasteiger partial charge in [-0.05, 0) is 85.4 Å². The van der Waals surface area contributed by atoms with E-state index in [2.05, 4.69) is 40.7 Å². The van der Waals surface area contributed by atoms with Crippen LogP contribution in [0.5, 0.6) is 0 Å². The van der Waals surface area contributed by atoms with Crippen LogP contribution in [0.4, 0.5) is 0 Å². The van der Waals surface area contributed by atoms with Gasteiger partial charge in [0, 0.05) is 24.9 Å². The second-order valence-electron chi connectivity index (χ2n) is 23.7. The Kier molecular flexibility index (Phi) is 14.2. The maximum Gasteiger partial charge on any atom is 0.315 e. The van der Waals surface area contributed by atoms with Crippen LogP contribution in [0.25, 0.3) is 0 Å². The lowest BCUT2D eigenvalue weighted by Gasteiger charge is -2.72. The zero-order chi connectivity index (χ0) is 50.0. The van der Waals surface area contributed by atoms with Crippen LogP contribution in [-0.2, 0) is 42.7 Å². The Bertz CT molecular complexity index is 1910. The minimum atomic E-state index is -1.93. The number of aliphatic hydroxyl groups excluding tert-OH is 10. The number of Topliss-reactive ketones (excluding diaryl/α,β-unsaturated/α-hetero) is 1. The SMILES string of the molecule is CO[C@H]1C=C2[C@H]3CC(C)(C)C(=O)C[C@]3(C(=O)O[C@H]3O[C@@H](CO[C@H]4O[C@@H](CO)[C@H](O[C@H]5O[C@@H](C)[C@H](O)[C@@H](O)[C@@H]5O)[C@@H](O)[C@@H]4O)[C@H](O)[C@@H](O)[C@@H]3O)CC[C@]2(C)[C@@]2(C)CC[C@H]3C(C)(C)[C@H](O)CC[C@@]3(C)[C@H]12. The van der Waals surface area contributed by atoms with Crippen LogP contribution in [0.3, 0.4) is 0 Å². The summed E-state index contributed by atoms with van der Waals surface area (Å²) in [5, 5.41) is 108. The first-order chi connectivity index (χ1) is 31.6. The summed E-state index contributed by atoms with van der Waals surface area (Å²) in [4.78, 5) is 29.1. The van der Waals surface area contributed by atoms with E-state index in [4.69, 9.17) is 33.2 Å². The average Bonchev–Trinajstić information content (AvgIpc) is 3.28. The molecule has 19 nitrogen and oxygen atoms in total. The summed E-state index contributed by atoms with van der Waals surface area (Å²) in [6.45, 7) is 15.2. The van der Waals surface area contributed by atoms with E-state index in [-0.39, 0.29) is 46.4 Å². The minimum Gasteiger partial charge on any atom is -0.432 e. The maximum absolute atomic E-state index is 15.1. The molecule has 0 unspecified atom stereocenters. The van der Waals surface area contributed by atoms with Gasteiger partial charge in [0.1, 0.15) is 72.9 Å². The molecule has 19 heteroatoms. The lowest BCUT2D eigenvalue weighted by molar-refractivity contribution is -0.361. The fourth-order valence-electron chi connectivity index (χ4n) is 14.9. The van der Waals surface area contributed by atoms with Gasteiger partial charge in [0.15, 0.2) is 12.6 Å². The normalized spacial score (nSPS) is 53.2. The number of aliphatic hydroxyl groups is 10. The minimum absolute atomic E-state index is 0.0995. The van der Waals surface area contributed by atoms with Gasteiger partial charge in [-0.25, -0.2) is 0 Å². The average molecular weight is 971 g/mol. The molecule has 3 aliphatic heterocycles. The molecule has 0 amide bonds. The first-order valence-electron chi connectivity index (χ1n) is 24.6. The summed E-state index contributed by atoms with van der Waals surface area (Å²) in [7, 11) is 1.72. The van der Waals surface area contributed by atoms with Gasteiger partial charge in [-0.15, -0.1) is 0 Å². The van der Waals surface area contributed by atoms with Crippen LogP contribution in [0.15, 0.2) is 11.6 Å². The fraction of sp³-hybridized carbons (Fsp3) is 0.918. The largest absolute Gasteiger partial charge is 0.432 e. The number of ketones is 1. The monoisotopic (exact) mass is 971 g/mol. The smallest absolute Gasteiger partial charge is 0.315 e. The molecule has 8 rings (SSSR count). The predicted molar refractivity (Wildman–Crippen MR) is 235 cm³/mol. The van der Waals surface area contributed by atoms with Gasteiger partial charge in [-0.2, -0.15) is 0 Å². The fourth-order valence-corrected chi connectivity index (χ4v) is 14.9. The zero-order valence-corrected chi connectivity index (χ0v) is 40.8. The Labute approximate surface area is 398 Å². The molecule has 0 bridgehead atoms. The molecule has 68 heavy (non-hydrogen) atoms. The number of hydrogen-bond acceptors (Lipinski definition) is 19. The van der Waals surface area contributed by atoms with Crippen LogP contribution in [0.2, 0.25) is 0 Å². The molecular weight excluding hydrogens is 893 g/mol. The summed E-state index contributed by atoms with van der Waals surface area (Å²) < 4.78 is 41.1. The van der Waals surface area contributed by atoms with Crippen LogP contribution in [0, 0.1) is 50.2 Å². The number of allylic oxidation sites excluding steroid dienone is 1. The van der Waals surface area contributed by atoms with Gasteiger partial charge < -0.3 is 84.2 Å². The molecule has 5 aliphatic carbocycles. The summed E-state index contributed by atoms with van der Waals surface area (Å²) in [6, 6.07) is 0. The number of esters is 1. The quantitative estimate of drug-likeness (QED) is 0.107. The van der Waals surface area contributed by atoms with Gasteiger partial charge in [-0.1, -0.05) is 60.1 Å². The number of carbonyl (C=O) groups excluding carboxylic acids is 2. The number of ether oxygens (including phenoxy) is 7. The van der Waals surface area contributed by atoms with Gasteiger partial charge in [0.05, 0.1) is 36.9 Å². The third-order valence-electron chi connectivity index (χ3n) is 19.4. The van der Waals surface area contributed by atoms with Crippen molar-refractivity contribution < 1.29 is 93.8 Å². The summed E-state index contributed by atoms with van der Waals surface area (Å²) in [5.74, 6) is -1.03. The molecule has 3 heterocycles. The Morgan fingerprint density at radius 2 is 1.37 bits per heavy atom. The summed E-state index contributed by atoms with van der Waals surface area (Å²) >= 11 is 0. The highest BCUT2D eigenvalue weighted by Crippen LogP contribution is 2.76. The molecule has 388 valence electrons. The van der Waals surface area contributed by atoms with E-state index in [0.29, 0.717) is 25.7 Å². The van der Waals surface area contributed by atoms with Crippen molar-refractivity contribution in [3.63, 3.8) is 0 Å². The molecule has 7 fully saturated rings. The second kappa shape index (κ2) is 18.3. The van der Waals surface area contributed by atoms with Gasteiger partial charge in [0.25, 0.3) is 0 Å².